The third-order valence-corrected chi connectivity index (χ3v) is 2.26. The maximum atomic E-state index is 11.8. The van der Waals surface area contributed by atoms with Gasteiger partial charge in [0.05, 0.1) is 17.5 Å². The van der Waals surface area contributed by atoms with Crippen LogP contribution in [0.25, 0.3) is 0 Å². The summed E-state index contributed by atoms with van der Waals surface area (Å²) in [5, 5.41) is 12.1. The quantitative estimate of drug-likeness (QED) is 0.760. The highest BCUT2D eigenvalue weighted by atomic mass is 16.3. The molecule has 2 N–H and O–H groups in total. The third-order valence-electron chi connectivity index (χ3n) is 2.26. The zero-order chi connectivity index (χ0) is 11.5. The fourth-order valence-electron chi connectivity index (χ4n) is 1.39. The van der Waals surface area contributed by atoms with Gasteiger partial charge in [-0.3, -0.25) is 4.79 Å². The predicted octanol–water partition coefficient (Wildman–Crippen LogP) is 2.55. The average Bonchev–Trinajstić information content (AvgIpc) is 2.68. The summed E-state index contributed by atoms with van der Waals surface area (Å²) in [5.41, 5.74) is 0.844. The summed E-state index contributed by atoms with van der Waals surface area (Å²) in [6.07, 6.45) is 1.45. The molecule has 16 heavy (non-hydrogen) atoms. The van der Waals surface area contributed by atoms with Gasteiger partial charge in [-0.2, -0.15) is 0 Å². The van der Waals surface area contributed by atoms with Crippen molar-refractivity contribution in [2.75, 3.05) is 5.32 Å². The molecule has 1 amide bonds. The first-order valence-electron chi connectivity index (χ1n) is 4.82. The molecule has 0 saturated heterocycles. The molecule has 0 unspecified atom stereocenters. The van der Waals surface area contributed by atoms with Gasteiger partial charge in [-0.25, -0.2) is 0 Å². The molecular formula is C12H11NO3. The SMILES string of the molecule is Cc1occc1C(=O)Nc1ccccc1O. The van der Waals surface area contributed by atoms with E-state index in [4.69, 9.17) is 4.42 Å². The van der Waals surface area contributed by atoms with Crippen LogP contribution in [0.3, 0.4) is 0 Å². The molecular weight excluding hydrogens is 206 g/mol. The van der Waals surface area contributed by atoms with E-state index in [-0.39, 0.29) is 11.7 Å². The molecule has 0 aliphatic heterocycles. The molecule has 0 saturated carbocycles. The summed E-state index contributed by atoms with van der Waals surface area (Å²) in [7, 11) is 0. The smallest absolute Gasteiger partial charge is 0.259 e. The minimum absolute atomic E-state index is 0.0389. The number of rotatable bonds is 2. The van der Waals surface area contributed by atoms with Crippen molar-refractivity contribution >= 4 is 11.6 Å². The minimum Gasteiger partial charge on any atom is -0.506 e. The molecule has 4 heteroatoms. The lowest BCUT2D eigenvalue weighted by Gasteiger charge is -2.05. The maximum Gasteiger partial charge on any atom is 0.259 e. The number of hydrogen-bond donors (Lipinski definition) is 2. The standard InChI is InChI=1S/C12H11NO3/c1-8-9(6-7-16-8)12(15)13-10-4-2-3-5-11(10)14/h2-7,14H,1H3,(H,13,15). The van der Waals surface area contributed by atoms with Gasteiger partial charge in [-0.05, 0) is 25.1 Å². The molecule has 0 atom stereocenters. The summed E-state index contributed by atoms with van der Waals surface area (Å²) < 4.78 is 5.03. The van der Waals surface area contributed by atoms with Crippen LogP contribution in [0.4, 0.5) is 5.69 Å². The zero-order valence-corrected chi connectivity index (χ0v) is 8.73. The highest BCUT2D eigenvalue weighted by Crippen LogP contribution is 2.22. The van der Waals surface area contributed by atoms with Crippen LogP contribution in [0.5, 0.6) is 5.75 Å². The van der Waals surface area contributed by atoms with E-state index in [0.717, 1.165) is 0 Å². The normalized spacial score (nSPS) is 10.1. The number of phenols is 1. The Labute approximate surface area is 92.5 Å². The summed E-state index contributed by atoms with van der Waals surface area (Å²) in [6, 6.07) is 8.15. The maximum absolute atomic E-state index is 11.8. The van der Waals surface area contributed by atoms with Crippen LogP contribution in [0.1, 0.15) is 16.1 Å². The minimum atomic E-state index is -0.298. The van der Waals surface area contributed by atoms with Crippen LogP contribution in [-0.4, -0.2) is 11.0 Å². The molecule has 0 fully saturated rings. The van der Waals surface area contributed by atoms with Gasteiger partial charge in [0, 0.05) is 0 Å². The van der Waals surface area contributed by atoms with E-state index in [1.54, 1.807) is 31.2 Å². The number of nitrogens with one attached hydrogen (secondary N) is 1. The van der Waals surface area contributed by atoms with Gasteiger partial charge in [-0.15, -0.1) is 0 Å². The van der Waals surface area contributed by atoms with Gasteiger partial charge in [0.15, 0.2) is 0 Å². The Morgan fingerprint density at radius 2 is 2.06 bits per heavy atom. The molecule has 1 heterocycles. The number of aryl methyl sites for hydroxylation is 1. The Hall–Kier alpha value is -2.23. The number of amides is 1. The molecule has 0 aliphatic carbocycles. The molecule has 0 radical (unpaired) electrons. The molecule has 2 aromatic rings. The lowest BCUT2D eigenvalue weighted by atomic mass is 10.2. The van der Waals surface area contributed by atoms with Gasteiger partial charge in [0.1, 0.15) is 11.5 Å². The summed E-state index contributed by atoms with van der Waals surface area (Å²) in [6.45, 7) is 1.71. The lowest BCUT2D eigenvalue weighted by Crippen LogP contribution is -2.12. The van der Waals surface area contributed by atoms with Crippen molar-refractivity contribution in [3.8, 4) is 5.75 Å². The van der Waals surface area contributed by atoms with Crippen LogP contribution >= 0.6 is 0 Å². The predicted molar refractivity (Wildman–Crippen MR) is 59.5 cm³/mol. The molecule has 4 nitrogen and oxygen atoms in total. The van der Waals surface area contributed by atoms with Gasteiger partial charge in [0.2, 0.25) is 0 Å². The molecule has 0 aliphatic rings. The Bertz CT molecular complexity index is 516. The van der Waals surface area contributed by atoms with Crippen molar-refractivity contribution in [1.29, 1.82) is 0 Å². The Kier molecular flexibility index (Phi) is 2.64. The van der Waals surface area contributed by atoms with Crippen LogP contribution in [0, 0.1) is 6.92 Å². The second kappa shape index (κ2) is 4.10. The fourth-order valence-corrected chi connectivity index (χ4v) is 1.39. The first kappa shape index (κ1) is 10.3. The Morgan fingerprint density at radius 3 is 2.69 bits per heavy atom. The fraction of sp³-hybridized carbons (Fsp3) is 0.0833. The van der Waals surface area contributed by atoms with E-state index < -0.39 is 0 Å². The number of aromatic hydroxyl groups is 1. The van der Waals surface area contributed by atoms with Gasteiger partial charge in [-0.1, -0.05) is 12.1 Å². The first-order chi connectivity index (χ1) is 7.68. The molecule has 0 bridgehead atoms. The number of hydrogen-bond acceptors (Lipinski definition) is 3. The van der Waals surface area contributed by atoms with Crippen molar-refractivity contribution in [2.45, 2.75) is 6.92 Å². The Balaban J connectivity index is 2.21. The van der Waals surface area contributed by atoms with E-state index >= 15 is 0 Å². The van der Waals surface area contributed by atoms with Gasteiger partial charge >= 0.3 is 0 Å². The molecule has 0 spiro atoms. The van der Waals surface area contributed by atoms with Gasteiger partial charge < -0.3 is 14.8 Å². The number of furan rings is 1. The van der Waals surface area contributed by atoms with Crippen molar-refractivity contribution in [3.63, 3.8) is 0 Å². The van der Waals surface area contributed by atoms with Crippen LogP contribution in [0.15, 0.2) is 41.0 Å². The van der Waals surface area contributed by atoms with Crippen molar-refractivity contribution in [2.24, 2.45) is 0 Å². The van der Waals surface area contributed by atoms with E-state index in [1.165, 1.54) is 12.3 Å². The second-order valence-corrected chi connectivity index (χ2v) is 3.36. The van der Waals surface area contributed by atoms with E-state index in [9.17, 15) is 9.90 Å². The molecule has 2 rings (SSSR count). The number of anilines is 1. The zero-order valence-electron chi connectivity index (χ0n) is 8.73. The first-order valence-corrected chi connectivity index (χ1v) is 4.82. The monoisotopic (exact) mass is 217 g/mol. The van der Waals surface area contributed by atoms with Crippen LogP contribution in [-0.2, 0) is 0 Å². The number of benzene rings is 1. The molecule has 1 aromatic carbocycles. The summed E-state index contributed by atoms with van der Waals surface area (Å²) in [4.78, 5) is 11.8. The topological polar surface area (TPSA) is 62.5 Å². The van der Waals surface area contributed by atoms with E-state index in [1.807, 2.05) is 0 Å². The highest BCUT2D eigenvalue weighted by Gasteiger charge is 2.12. The lowest BCUT2D eigenvalue weighted by molar-refractivity contribution is 0.102. The van der Waals surface area contributed by atoms with Crippen LogP contribution in [0.2, 0.25) is 0 Å². The summed E-state index contributed by atoms with van der Waals surface area (Å²) >= 11 is 0. The summed E-state index contributed by atoms with van der Waals surface area (Å²) in [5.74, 6) is 0.290. The Morgan fingerprint density at radius 1 is 1.31 bits per heavy atom. The van der Waals surface area contributed by atoms with Crippen molar-refractivity contribution in [3.05, 3.63) is 47.9 Å². The highest BCUT2D eigenvalue weighted by molar-refractivity contribution is 6.05. The number of para-hydroxylation sites is 2. The number of carbonyl (C=O) groups is 1. The van der Waals surface area contributed by atoms with E-state index in [2.05, 4.69) is 5.32 Å². The van der Waals surface area contributed by atoms with Gasteiger partial charge in [0.25, 0.3) is 5.91 Å². The average molecular weight is 217 g/mol. The molecule has 82 valence electrons. The molecule has 1 aromatic heterocycles. The van der Waals surface area contributed by atoms with E-state index in [0.29, 0.717) is 17.0 Å². The van der Waals surface area contributed by atoms with Crippen molar-refractivity contribution < 1.29 is 14.3 Å². The van der Waals surface area contributed by atoms with Crippen LogP contribution < -0.4 is 5.32 Å². The second-order valence-electron chi connectivity index (χ2n) is 3.36. The van der Waals surface area contributed by atoms with Crippen molar-refractivity contribution in [1.82, 2.24) is 0 Å². The number of carbonyl (C=O) groups excluding carboxylic acids is 1. The third kappa shape index (κ3) is 1.91. The largest absolute Gasteiger partial charge is 0.506 e. The number of phenolic OH excluding ortho intramolecular Hbond substituents is 1.